The second kappa shape index (κ2) is 6.92. The van der Waals surface area contributed by atoms with Crippen molar-refractivity contribution in [2.24, 2.45) is 5.73 Å². The molecule has 1 saturated heterocycles. The summed E-state index contributed by atoms with van der Waals surface area (Å²) in [5, 5.41) is 0. The molecule has 1 aromatic carbocycles. The predicted molar refractivity (Wildman–Crippen MR) is 82.7 cm³/mol. The lowest BCUT2D eigenvalue weighted by molar-refractivity contribution is 0.326. The van der Waals surface area contributed by atoms with E-state index in [-0.39, 0.29) is 0 Å². The molecule has 19 heavy (non-hydrogen) atoms. The fourth-order valence-corrected chi connectivity index (χ4v) is 2.95. The van der Waals surface area contributed by atoms with Gasteiger partial charge >= 0.3 is 0 Å². The maximum Gasteiger partial charge on any atom is 0.0428 e. The van der Waals surface area contributed by atoms with Crippen molar-refractivity contribution in [3.05, 3.63) is 29.8 Å². The van der Waals surface area contributed by atoms with Gasteiger partial charge in [0.15, 0.2) is 0 Å². The van der Waals surface area contributed by atoms with Crippen LogP contribution in [0.15, 0.2) is 24.3 Å². The van der Waals surface area contributed by atoms with E-state index >= 15 is 0 Å². The number of likely N-dealkylation sites (N-methyl/N-ethyl adjacent to an activating group) is 1. The van der Waals surface area contributed by atoms with Crippen LogP contribution in [0.2, 0.25) is 0 Å². The highest BCUT2D eigenvalue weighted by Crippen LogP contribution is 2.22. The molecule has 1 unspecified atom stereocenters. The van der Waals surface area contributed by atoms with Gasteiger partial charge in [-0.1, -0.05) is 19.1 Å². The summed E-state index contributed by atoms with van der Waals surface area (Å²) >= 11 is 0. The molecule has 0 aromatic heterocycles. The third-order valence-corrected chi connectivity index (χ3v) is 4.08. The summed E-state index contributed by atoms with van der Waals surface area (Å²) in [5.41, 5.74) is 8.56. The van der Waals surface area contributed by atoms with Crippen LogP contribution in [0.4, 0.5) is 5.69 Å². The Kier molecular flexibility index (Phi) is 5.23. The van der Waals surface area contributed by atoms with Crippen LogP contribution in [0.5, 0.6) is 0 Å². The lowest BCUT2D eigenvalue weighted by Crippen LogP contribution is -2.41. The number of aryl methyl sites for hydroxylation is 1. The van der Waals surface area contributed by atoms with Gasteiger partial charge in [0.25, 0.3) is 0 Å². The molecule has 1 atom stereocenters. The van der Waals surface area contributed by atoms with Crippen LogP contribution in [0, 0.1) is 0 Å². The minimum Gasteiger partial charge on any atom is -0.367 e. The largest absolute Gasteiger partial charge is 0.367 e. The quantitative estimate of drug-likeness (QED) is 0.901. The molecule has 1 fully saturated rings. The highest BCUT2D eigenvalue weighted by atomic mass is 15.2. The van der Waals surface area contributed by atoms with E-state index in [0.29, 0.717) is 6.04 Å². The molecule has 2 N–H and O–H groups in total. The number of benzene rings is 1. The van der Waals surface area contributed by atoms with Gasteiger partial charge in [-0.15, -0.1) is 0 Å². The van der Waals surface area contributed by atoms with Crippen LogP contribution < -0.4 is 10.6 Å². The summed E-state index contributed by atoms with van der Waals surface area (Å²) < 4.78 is 0. The van der Waals surface area contributed by atoms with Gasteiger partial charge in [0, 0.05) is 24.8 Å². The summed E-state index contributed by atoms with van der Waals surface area (Å²) in [6, 6.07) is 9.60. The molecule has 0 aliphatic carbocycles. The van der Waals surface area contributed by atoms with Crippen LogP contribution in [0.3, 0.4) is 0 Å². The van der Waals surface area contributed by atoms with Crippen molar-refractivity contribution in [1.82, 2.24) is 4.90 Å². The Labute approximate surface area is 117 Å². The Morgan fingerprint density at radius 3 is 2.58 bits per heavy atom. The lowest BCUT2D eigenvalue weighted by Gasteiger charge is -2.33. The molecule has 3 heteroatoms. The first-order chi connectivity index (χ1) is 9.24. The van der Waals surface area contributed by atoms with Gasteiger partial charge in [0.1, 0.15) is 0 Å². The van der Waals surface area contributed by atoms with E-state index in [1.165, 1.54) is 24.2 Å². The summed E-state index contributed by atoms with van der Waals surface area (Å²) in [7, 11) is 2.22. The maximum absolute atomic E-state index is 5.80. The predicted octanol–water partition coefficient (Wildman–Crippen LogP) is 2.11. The van der Waals surface area contributed by atoms with E-state index in [2.05, 4.69) is 48.0 Å². The maximum atomic E-state index is 5.80. The SMILES string of the molecule is CCc1ccc(N2CCCN(C)CC2CCN)cc1. The third-order valence-electron chi connectivity index (χ3n) is 4.08. The van der Waals surface area contributed by atoms with E-state index in [9.17, 15) is 0 Å². The van der Waals surface area contributed by atoms with E-state index in [4.69, 9.17) is 5.73 Å². The molecule has 1 aliphatic heterocycles. The summed E-state index contributed by atoms with van der Waals surface area (Å²) in [6.45, 7) is 6.41. The summed E-state index contributed by atoms with van der Waals surface area (Å²) in [5.74, 6) is 0. The van der Waals surface area contributed by atoms with Gasteiger partial charge in [0.05, 0.1) is 0 Å². The Hall–Kier alpha value is -1.06. The summed E-state index contributed by atoms with van der Waals surface area (Å²) in [6.07, 6.45) is 3.40. The van der Waals surface area contributed by atoms with Crippen molar-refractivity contribution < 1.29 is 0 Å². The second-order valence-corrected chi connectivity index (χ2v) is 5.56. The van der Waals surface area contributed by atoms with Gasteiger partial charge in [0.2, 0.25) is 0 Å². The first kappa shape index (κ1) is 14.4. The summed E-state index contributed by atoms with van der Waals surface area (Å²) in [4.78, 5) is 4.98. The Morgan fingerprint density at radius 2 is 1.95 bits per heavy atom. The molecular weight excluding hydrogens is 234 g/mol. The number of nitrogens with zero attached hydrogens (tertiary/aromatic N) is 2. The van der Waals surface area contributed by atoms with Crippen molar-refractivity contribution in [3.8, 4) is 0 Å². The van der Waals surface area contributed by atoms with Gasteiger partial charge in [-0.05, 0) is 57.1 Å². The highest BCUT2D eigenvalue weighted by molar-refractivity contribution is 5.49. The molecule has 106 valence electrons. The normalized spacial score (nSPS) is 21.4. The van der Waals surface area contributed by atoms with E-state index in [1.54, 1.807) is 0 Å². The van der Waals surface area contributed by atoms with Crippen molar-refractivity contribution in [2.45, 2.75) is 32.2 Å². The lowest BCUT2D eigenvalue weighted by atomic mass is 10.1. The fraction of sp³-hybridized carbons (Fsp3) is 0.625. The van der Waals surface area contributed by atoms with Gasteiger partial charge in [-0.25, -0.2) is 0 Å². The van der Waals surface area contributed by atoms with Gasteiger partial charge in [-0.2, -0.15) is 0 Å². The molecule has 1 aromatic rings. The van der Waals surface area contributed by atoms with Crippen molar-refractivity contribution >= 4 is 5.69 Å². The molecule has 2 rings (SSSR count). The smallest absolute Gasteiger partial charge is 0.0428 e. The number of rotatable bonds is 4. The topological polar surface area (TPSA) is 32.5 Å². The number of hydrogen-bond acceptors (Lipinski definition) is 3. The van der Waals surface area contributed by atoms with Crippen LogP contribution in [-0.4, -0.2) is 44.2 Å². The number of hydrogen-bond donors (Lipinski definition) is 1. The van der Waals surface area contributed by atoms with E-state index < -0.39 is 0 Å². The zero-order valence-electron chi connectivity index (χ0n) is 12.3. The molecule has 0 radical (unpaired) electrons. The molecule has 1 aliphatic rings. The Balaban J connectivity index is 2.17. The molecular formula is C16H27N3. The molecule has 0 amide bonds. The Bertz CT molecular complexity index is 374. The third kappa shape index (κ3) is 3.71. The molecule has 0 spiro atoms. The molecule has 0 bridgehead atoms. The zero-order chi connectivity index (χ0) is 13.7. The van der Waals surface area contributed by atoms with Crippen LogP contribution in [0.25, 0.3) is 0 Å². The minimum atomic E-state index is 0.546. The first-order valence-electron chi connectivity index (χ1n) is 7.48. The second-order valence-electron chi connectivity index (χ2n) is 5.56. The van der Waals surface area contributed by atoms with E-state index in [1.807, 2.05) is 0 Å². The van der Waals surface area contributed by atoms with E-state index in [0.717, 1.165) is 32.5 Å². The highest BCUT2D eigenvalue weighted by Gasteiger charge is 2.22. The fourth-order valence-electron chi connectivity index (χ4n) is 2.95. The monoisotopic (exact) mass is 261 g/mol. The van der Waals surface area contributed by atoms with Crippen molar-refractivity contribution in [3.63, 3.8) is 0 Å². The Morgan fingerprint density at radius 1 is 1.21 bits per heavy atom. The van der Waals surface area contributed by atoms with Crippen molar-refractivity contribution in [1.29, 1.82) is 0 Å². The minimum absolute atomic E-state index is 0.546. The van der Waals surface area contributed by atoms with Gasteiger partial charge < -0.3 is 15.5 Å². The van der Waals surface area contributed by atoms with Crippen LogP contribution in [0.1, 0.15) is 25.3 Å². The first-order valence-corrected chi connectivity index (χ1v) is 7.48. The molecule has 0 saturated carbocycles. The molecule has 3 nitrogen and oxygen atoms in total. The van der Waals surface area contributed by atoms with Crippen LogP contribution >= 0.6 is 0 Å². The number of nitrogens with two attached hydrogens (primary N) is 1. The average molecular weight is 261 g/mol. The number of anilines is 1. The molecule has 1 heterocycles. The van der Waals surface area contributed by atoms with Crippen molar-refractivity contribution in [2.75, 3.05) is 38.1 Å². The average Bonchev–Trinajstić information content (AvgIpc) is 2.61. The van der Waals surface area contributed by atoms with Gasteiger partial charge in [-0.3, -0.25) is 0 Å². The zero-order valence-corrected chi connectivity index (χ0v) is 12.3. The standard InChI is InChI=1S/C16H27N3/c1-3-14-5-7-15(8-6-14)19-12-4-11-18(2)13-16(19)9-10-17/h5-8,16H,3-4,9-13,17H2,1-2H3. The van der Waals surface area contributed by atoms with Crippen LogP contribution in [-0.2, 0) is 6.42 Å².